The molecule has 1 N–H and O–H groups in total. The van der Waals surface area contributed by atoms with Crippen molar-refractivity contribution in [2.45, 2.75) is 18.9 Å². The predicted molar refractivity (Wildman–Crippen MR) is 113 cm³/mol. The van der Waals surface area contributed by atoms with Crippen molar-refractivity contribution in [3.63, 3.8) is 0 Å². The minimum absolute atomic E-state index is 0.0181. The lowest BCUT2D eigenvalue weighted by molar-refractivity contribution is -0.135. The van der Waals surface area contributed by atoms with Gasteiger partial charge >= 0.3 is 16.1 Å². The van der Waals surface area contributed by atoms with Gasteiger partial charge in [-0.3, -0.25) is 5.43 Å². The van der Waals surface area contributed by atoms with Gasteiger partial charge in [-0.25, -0.2) is 18.2 Å². The molecule has 0 atom stereocenters. The van der Waals surface area contributed by atoms with E-state index in [1.54, 1.807) is 6.92 Å². The van der Waals surface area contributed by atoms with E-state index in [1.165, 1.54) is 43.5 Å². The second-order valence-electron chi connectivity index (χ2n) is 6.18. The van der Waals surface area contributed by atoms with Crippen LogP contribution >= 0.6 is 0 Å². The number of esters is 1. The van der Waals surface area contributed by atoms with Gasteiger partial charge in [0.05, 0.1) is 19.1 Å². The third kappa shape index (κ3) is 7.53. The summed E-state index contributed by atoms with van der Waals surface area (Å²) in [5.41, 5.74) is 2.72. The Hall–Kier alpha value is -3.19. The summed E-state index contributed by atoms with van der Waals surface area (Å²) < 4.78 is 61.6. The van der Waals surface area contributed by atoms with Crippen molar-refractivity contribution in [1.29, 1.82) is 0 Å². The van der Waals surface area contributed by atoms with Gasteiger partial charge in [0.25, 0.3) is 0 Å². The Bertz CT molecular complexity index is 1190. The topological polar surface area (TPSA) is 150 Å². The molecule has 0 bridgehead atoms. The highest BCUT2D eigenvalue weighted by Gasteiger charge is 2.14. The summed E-state index contributed by atoms with van der Waals surface area (Å²) in [6.07, 6.45) is 3.11. The number of anilines is 1. The average molecular weight is 472 g/mol. The van der Waals surface area contributed by atoms with E-state index in [-0.39, 0.29) is 40.3 Å². The van der Waals surface area contributed by atoms with Crippen LogP contribution in [0.2, 0.25) is 0 Å². The molecule has 11 nitrogen and oxygen atoms in total. The smallest absolute Gasteiger partial charge is 0.354 e. The van der Waals surface area contributed by atoms with Crippen LogP contribution in [0.4, 0.5) is 5.69 Å². The highest BCUT2D eigenvalue weighted by molar-refractivity contribution is 7.90. The van der Waals surface area contributed by atoms with Gasteiger partial charge in [-0.05, 0) is 38.1 Å². The summed E-state index contributed by atoms with van der Waals surface area (Å²) in [5.74, 6) is -0.370. The maximum Gasteiger partial charge on any atom is 0.354 e. The molecule has 0 aliphatic heterocycles. The summed E-state index contributed by atoms with van der Waals surface area (Å²) in [7, 11) is -7.34. The Morgan fingerprint density at radius 3 is 2.32 bits per heavy atom. The van der Waals surface area contributed by atoms with Gasteiger partial charge < -0.3 is 13.7 Å². The average Bonchev–Trinajstić information content (AvgIpc) is 2.66. The highest BCUT2D eigenvalue weighted by atomic mass is 32.2. The van der Waals surface area contributed by atoms with Gasteiger partial charge in [-0.1, -0.05) is 0 Å². The summed E-state index contributed by atoms with van der Waals surface area (Å²) in [5, 5.41) is 3.74. The van der Waals surface area contributed by atoms with Crippen molar-refractivity contribution in [2.75, 3.05) is 24.5 Å². The monoisotopic (exact) mass is 471 g/mol. The molecule has 1 aromatic heterocycles. The quantitative estimate of drug-likeness (QED) is 0.249. The number of hydrogen-bond acceptors (Lipinski definition) is 11. The lowest BCUT2D eigenvalue weighted by Crippen LogP contribution is -2.15. The first-order chi connectivity index (χ1) is 14.4. The summed E-state index contributed by atoms with van der Waals surface area (Å²) >= 11 is 0. The first kappa shape index (κ1) is 24.1. The molecule has 0 aliphatic carbocycles. The molecule has 2 aromatic rings. The van der Waals surface area contributed by atoms with Crippen LogP contribution in [0, 0.1) is 0 Å². The third-order valence-corrected chi connectivity index (χ3v) is 4.92. The number of nitrogens with zero attached hydrogens (tertiary/aromatic N) is 2. The first-order valence-electron chi connectivity index (χ1n) is 8.74. The molecule has 0 unspecified atom stereocenters. The highest BCUT2D eigenvalue weighted by Crippen LogP contribution is 2.33. The number of ether oxygens (including phenoxy) is 2. The van der Waals surface area contributed by atoms with Crippen LogP contribution < -0.4 is 14.3 Å². The van der Waals surface area contributed by atoms with Crippen LogP contribution in [0.1, 0.15) is 13.8 Å². The van der Waals surface area contributed by atoms with Crippen molar-refractivity contribution < 1.29 is 35.3 Å². The number of carbonyl (C=O) groups is 1. The molecule has 0 aliphatic rings. The third-order valence-electron chi connectivity index (χ3n) is 3.43. The number of benzene rings is 1. The van der Waals surface area contributed by atoms with Gasteiger partial charge in [0.15, 0.2) is 20.6 Å². The molecular weight excluding hydrogens is 450 g/mol. The van der Waals surface area contributed by atoms with Crippen LogP contribution in [-0.2, 0) is 29.5 Å². The van der Waals surface area contributed by atoms with Crippen molar-refractivity contribution in [3.8, 4) is 17.2 Å². The molecule has 0 amide bonds. The molecule has 0 fully saturated rings. The Balaban J connectivity index is 2.29. The van der Waals surface area contributed by atoms with Crippen LogP contribution in [0.3, 0.4) is 0 Å². The maximum atomic E-state index is 11.6. The fourth-order valence-electron chi connectivity index (χ4n) is 2.10. The molecule has 0 spiro atoms. The van der Waals surface area contributed by atoms with E-state index < -0.39 is 25.9 Å². The summed E-state index contributed by atoms with van der Waals surface area (Å²) in [6.45, 7) is 3.26. The van der Waals surface area contributed by atoms with Crippen LogP contribution in [0.25, 0.3) is 0 Å². The number of pyridine rings is 1. The molecule has 13 heteroatoms. The molecule has 168 valence electrons. The van der Waals surface area contributed by atoms with Gasteiger partial charge in [-0.2, -0.15) is 13.5 Å². The lowest BCUT2D eigenvalue weighted by atomic mass is 10.3. The van der Waals surface area contributed by atoms with Crippen LogP contribution in [-0.4, -0.2) is 52.6 Å². The SMILES string of the molecule is CCOC(=O)/C(C)=N\Nc1ccc(Oc2ccc(S(C)(=O)=O)nc2)cc1OS(C)(=O)=O. The second-order valence-corrected chi connectivity index (χ2v) is 9.72. The van der Waals surface area contributed by atoms with Crippen molar-refractivity contribution >= 4 is 37.3 Å². The predicted octanol–water partition coefficient (Wildman–Crippen LogP) is 1.97. The van der Waals surface area contributed by atoms with E-state index in [9.17, 15) is 21.6 Å². The Morgan fingerprint density at radius 1 is 1.10 bits per heavy atom. The Kier molecular flexibility index (Phi) is 7.57. The minimum atomic E-state index is -3.89. The van der Waals surface area contributed by atoms with E-state index >= 15 is 0 Å². The Morgan fingerprint density at radius 2 is 1.77 bits per heavy atom. The Labute approximate surface area is 180 Å². The van der Waals surface area contributed by atoms with Crippen LogP contribution in [0.15, 0.2) is 46.7 Å². The number of nitrogens with one attached hydrogen (secondary N) is 1. The second kappa shape index (κ2) is 9.75. The number of aromatic nitrogens is 1. The van der Waals surface area contributed by atoms with E-state index in [4.69, 9.17) is 13.7 Å². The van der Waals surface area contributed by atoms with E-state index in [1.807, 2.05) is 0 Å². The lowest BCUT2D eigenvalue weighted by Gasteiger charge is -2.12. The zero-order valence-corrected chi connectivity index (χ0v) is 18.8. The maximum absolute atomic E-state index is 11.6. The minimum Gasteiger partial charge on any atom is -0.461 e. The molecule has 0 radical (unpaired) electrons. The molecule has 1 aromatic carbocycles. The molecular formula is C18H21N3O8S2. The standard InChI is InChI=1S/C18H21N3O8S2/c1-5-27-18(22)12(2)20-21-15-8-6-13(10-16(15)29-31(4,25)26)28-14-7-9-17(19-11-14)30(3,23)24/h6-11,21H,5H2,1-4H3/b20-12-. The number of carbonyl (C=O) groups excluding carboxylic acids is 1. The number of hydrogen-bond donors (Lipinski definition) is 1. The van der Waals surface area contributed by atoms with Gasteiger partial charge in [-0.15, -0.1) is 0 Å². The molecule has 0 saturated heterocycles. The van der Waals surface area contributed by atoms with Crippen molar-refractivity contribution in [2.24, 2.45) is 5.10 Å². The fourth-order valence-corrected chi connectivity index (χ4v) is 3.12. The molecule has 2 rings (SSSR count). The number of rotatable bonds is 9. The summed E-state index contributed by atoms with van der Waals surface area (Å²) in [6, 6.07) is 6.87. The number of sulfone groups is 1. The first-order valence-corrected chi connectivity index (χ1v) is 12.4. The van der Waals surface area contributed by atoms with Crippen LogP contribution in [0.5, 0.6) is 17.2 Å². The van der Waals surface area contributed by atoms with Gasteiger partial charge in [0, 0.05) is 12.3 Å². The molecule has 31 heavy (non-hydrogen) atoms. The van der Waals surface area contributed by atoms with E-state index in [0.717, 1.165) is 12.5 Å². The normalized spacial score (nSPS) is 12.2. The van der Waals surface area contributed by atoms with Crippen molar-refractivity contribution in [3.05, 3.63) is 36.5 Å². The zero-order chi connectivity index (χ0) is 23.2. The molecule has 0 saturated carbocycles. The number of hydrazone groups is 1. The largest absolute Gasteiger partial charge is 0.461 e. The molecule has 1 heterocycles. The van der Waals surface area contributed by atoms with Gasteiger partial charge in [0.2, 0.25) is 0 Å². The fraction of sp³-hybridized carbons (Fsp3) is 0.278. The van der Waals surface area contributed by atoms with E-state index in [2.05, 4.69) is 15.5 Å². The van der Waals surface area contributed by atoms with Crippen molar-refractivity contribution in [1.82, 2.24) is 4.98 Å². The van der Waals surface area contributed by atoms with Gasteiger partial charge in [0.1, 0.15) is 22.9 Å². The van der Waals surface area contributed by atoms with E-state index in [0.29, 0.717) is 0 Å². The summed E-state index contributed by atoms with van der Waals surface area (Å²) in [4.78, 5) is 15.4. The zero-order valence-electron chi connectivity index (χ0n) is 17.1.